The Balaban J connectivity index is 3.60. The average Bonchev–Trinajstić information content (AvgIpc) is 2.02. The van der Waals surface area contributed by atoms with Gasteiger partial charge in [0.1, 0.15) is 12.7 Å². The van der Waals surface area contributed by atoms with E-state index < -0.39 is 31.5 Å². The smallest absolute Gasteiger partial charge is 0.394 e. The molecule has 2 N–H and O–H groups in total. The molecule has 0 rings (SSSR count). The van der Waals surface area contributed by atoms with Gasteiger partial charge < -0.3 is 10.2 Å². The molecule has 1 atom stereocenters. The van der Waals surface area contributed by atoms with E-state index in [2.05, 4.69) is 9.78 Å². The zero-order valence-electron chi connectivity index (χ0n) is 6.24. The molecule has 0 heterocycles. The topological polar surface area (TPSA) is 76.0 Å². The van der Waals surface area contributed by atoms with Crippen molar-refractivity contribution >= 4 is 5.97 Å². The Bertz CT molecular complexity index is 168. The van der Waals surface area contributed by atoms with Gasteiger partial charge in [-0.3, -0.25) is 4.89 Å². The maximum absolute atomic E-state index is 11.4. The number of alkyl halides is 3. The summed E-state index contributed by atoms with van der Waals surface area (Å²) in [5.41, 5.74) is 0. The van der Waals surface area contributed by atoms with E-state index in [0.29, 0.717) is 0 Å². The highest BCUT2D eigenvalue weighted by atomic mass is 19.4. The van der Waals surface area contributed by atoms with Crippen LogP contribution in [0.15, 0.2) is 0 Å². The molecule has 8 heteroatoms. The first-order valence-corrected chi connectivity index (χ1v) is 3.07. The molecule has 0 saturated carbocycles. The minimum atomic E-state index is -5.13. The predicted molar refractivity (Wildman–Crippen MR) is 31.2 cm³/mol. The molecule has 0 aliphatic rings. The lowest BCUT2D eigenvalue weighted by atomic mass is 10.4. The lowest BCUT2D eigenvalue weighted by Crippen LogP contribution is -2.28. The summed E-state index contributed by atoms with van der Waals surface area (Å²) in [6.45, 7) is -1.43. The molecule has 0 spiro atoms. The van der Waals surface area contributed by atoms with E-state index in [1.54, 1.807) is 0 Å². The Morgan fingerprint density at radius 1 is 1.46 bits per heavy atom. The molecule has 78 valence electrons. The van der Waals surface area contributed by atoms with Crippen molar-refractivity contribution in [3.8, 4) is 0 Å². The second-order valence-corrected chi connectivity index (χ2v) is 1.99. The molecule has 0 aromatic carbocycles. The molecule has 0 fully saturated rings. The van der Waals surface area contributed by atoms with E-state index >= 15 is 0 Å². The fourth-order valence-electron chi connectivity index (χ4n) is 0.266. The maximum Gasteiger partial charge on any atom is 0.494 e. The van der Waals surface area contributed by atoms with Gasteiger partial charge in [0.05, 0.1) is 6.61 Å². The van der Waals surface area contributed by atoms with Crippen molar-refractivity contribution in [2.75, 3.05) is 13.2 Å². The summed E-state index contributed by atoms with van der Waals surface area (Å²) in [6, 6.07) is 0. The number of hydrogen-bond acceptors (Lipinski definition) is 5. The van der Waals surface area contributed by atoms with Gasteiger partial charge in [-0.25, -0.2) is 4.79 Å². The van der Waals surface area contributed by atoms with Gasteiger partial charge in [-0.1, -0.05) is 0 Å². The normalized spacial score (nSPS) is 13.9. The maximum atomic E-state index is 11.4. The molecule has 0 saturated heterocycles. The molecule has 0 aliphatic carbocycles. The molecule has 0 aromatic heterocycles. The standard InChI is InChI=1S/C5H7F3O5/c6-5(7,8)4(11)13-12-2-3(10)1-9/h3,9-10H,1-2H2. The quantitative estimate of drug-likeness (QED) is 0.471. The minimum absolute atomic E-state index is 0.705. The SMILES string of the molecule is O=C(OOCC(O)CO)C(F)(F)F. The number of carbonyl (C=O) groups is 1. The van der Waals surface area contributed by atoms with E-state index in [9.17, 15) is 18.0 Å². The van der Waals surface area contributed by atoms with Crippen LogP contribution >= 0.6 is 0 Å². The zero-order valence-corrected chi connectivity index (χ0v) is 6.24. The minimum Gasteiger partial charge on any atom is -0.394 e. The first-order valence-electron chi connectivity index (χ1n) is 3.07. The average molecular weight is 204 g/mol. The van der Waals surface area contributed by atoms with Gasteiger partial charge in [0.25, 0.3) is 0 Å². The van der Waals surface area contributed by atoms with Gasteiger partial charge in [-0.15, -0.1) is 0 Å². The molecular weight excluding hydrogens is 197 g/mol. The fraction of sp³-hybridized carbons (Fsp3) is 0.800. The largest absolute Gasteiger partial charge is 0.494 e. The second-order valence-electron chi connectivity index (χ2n) is 1.99. The van der Waals surface area contributed by atoms with Gasteiger partial charge in [0.2, 0.25) is 0 Å². The highest BCUT2D eigenvalue weighted by Gasteiger charge is 2.42. The van der Waals surface area contributed by atoms with Gasteiger partial charge >= 0.3 is 12.1 Å². The lowest BCUT2D eigenvalue weighted by molar-refractivity contribution is -0.308. The number of rotatable bonds is 4. The van der Waals surface area contributed by atoms with Crippen LogP contribution in [0.2, 0.25) is 0 Å². The monoisotopic (exact) mass is 204 g/mol. The number of hydrogen-bond donors (Lipinski definition) is 2. The summed E-state index contributed by atoms with van der Waals surface area (Å²) in [5, 5.41) is 16.7. The van der Waals surface area contributed by atoms with Gasteiger partial charge in [0.15, 0.2) is 0 Å². The van der Waals surface area contributed by atoms with Crippen LogP contribution in [0, 0.1) is 0 Å². The van der Waals surface area contributed by atoms with Crippen molar-refractivity contribution in [3.63, 3.8) is 0 Å². The summed E-state index contributed by atoms with van der Waals surface area (Å²) in [4.78, 5) is 16.9. The molecule has 5 nitrogen and oxygen atoms in total. The molecule has 13 heavy (non-hydrogen) atoms. The van der Waals surface area contributed by atoms with E-state index in [4.69, 9.17) is 10.2 Å². The molecule has 1 unspecified atom stereocenters. The van der Waals surface area contributed by atoms with Crippen molar-refractivity contribution in [2.24, 2.45) is 0 Å². The van der Waals surface area contributed by atoms with Crippen LogP contribution in [0.1, 0.15) is 0 Å². The third-order valence-electron chi connectivity index (χ3n) is 0.837. The molecule has 0 aliphatic heterocycles. The lowest BCUT2D eigenvalue weighted by Gasteiger charge is -2.07. The van der Waals surface area contributed by atoms with Crippen LogP contribution < -0.4 is 0 Å². The third-order valence-corrected chi connectivity index (χ3v) is 0.837. The van der Waals surface area contributed by atoms with Crippen LogP contribution in [-0.2, 0) is 14.6 Å². The van der Waals surface area contributed by atoms with Crippen molar-refractivity contribution in [1.82, 2.24) is 0 Å². The summed E-state index contributed by atoms with van der Waals surface area (Å²) in [6.07, 6.45) is -6.52. The Labute approximate surface area is 70.6 Å². The molecule has 0 bridgehead atoms. The molecule has 0 radical (unpaired) electrons. The van der Waals surface area contributed by atoms with Crippen molar-refractivity contribution in [2.45, 2.75) is 12.3 Å². The Morgan fingerprint density at radius 3 is 2.38 bits per heavy atom. The predicted octanol–water partition coefficient (Wildman–Crippen LogP) is -0.623. The van der Waals surface area contributed by atoms with E-state index in [0.717, 1.165) is 0 Å². The first-order chi connectivity index (χ1) is 5.88. The van der Waals surface area contributed by atoms with Crippen LogP contribution in [-0.4, -0.2) is 41.7 Å². The summed E-state index contributed by atoms with van der Waals surface area (Å²) >= 11 is 0. The summed E-state index contributed by atoms with van der Waals surface area (Å²) in [7, 11) is 0. The van der Waals surface area contributed by atoms with Crippen LogP contribution in [0.4, 0.5) is 13.2 Å². The first kappa shape index (κ1) is 12.1. The van der Waals surface area contributed by atoms with E-state index in [-0.39, 0.29) is 0 Å². The number of carbonyl (C=O) groups excluding carboxylic acids is 1. The van der Waals surface area contributed by atoms with Crippen LogP contribution in [0.25, 0.3) is 0 Å². The number of halogens is 3. The van der Waals surface area contributed by atoms with Crippen molar-refractivity contribution in [1.29, 1.82) is 0 Å². The zero-order chi connectivity index (χ0) is 10.5. The van der Waals surface area contributed by atoms with Crippen LogP contribution in [0.5, 0.6) is 0 Å². The summed E-state index contributed by atoms with van der Waals surface area (Å²) in [5.74, 6) is -2.52. The van der Waals surface area contributed by atoms with Crippen LogP contribution in [0.3, 0.4) is 0 Å². The second kappa shape index (κ2) is 5.00. The molecule has 0 amide bonds. The highest BCUT2D eigenvalue weighted by molar-refractivity contribution is 5.74. The van der Waals surface area contributed by atoms with Gasteiger partial charge in [0, 0.05) is 0 Å². The Kier molecular flexibility index (Phi) is 4.67. The third kappa shape index (κ3) is 5.39. The molecular formula is C5H7F3O5. The van der Waals surface area contributed by atoms with Gasteiger partial charge in [-0.05, 0) is 0 Å². The highest BCUT2D eigenvalue weighted by Crippen LogP contribution is 2.16. The Hall–Kier alpha value is -0.860. The van der Waals surface area contributed by atoms with E-state index in [1.165, 1.54) is 0 Å². The van der Waals surface area contributed by atoms with Crippen molar-refractivity contribution < 1.29 is 38.0 Å². The van der Waals surface area contributed by atoms with Crippen molar-refractivity contribution in [3.05, 3.63) is 0 Å². The molecule has 0 aromatic rings. The van der Waals surface area contributed by atoms with Gasteiger partial charge in [-0.2, -0.15) is 18.1 Å². The summed E-state index contributed by atoms with van der Waals surface area (Å²) < 4.78 is 34.2. The number of aliphatic hydroxyl groups is 2. The number of aliphatic hydroxyl groups excluding tert-OH is 2. The van der Waals surface area contributed by atoms with E-state index in [1.807, 2.05) is 0 Å². The fourth-order valence-corrected chi connectivity index (χ4v) is 0.266. The Morgan fingerprint density at radius 2 is 2.00 bits per heavy atom.